The molecule has 0 N–H and O–H groups in total. The Hall–Kier alpha value is -0.520. The molecule has 4 nitrogen and oxygen atoms in total. The van der Waals surface area contributed by atoms with Crippen molar-refractivity contribution in [2.75, 3.05) is 11.4 Å². The number of halogens is 2. The van der Waals surface area contributed by atoms with Crippen LogP contribution >= 0.6 is 35.8 Å². The summed E-state index contributed by atoms with van der Waals surface area (Å²) in [6.45, 7) is 0.498. The quantitative estimate of drug-likeness (QED) is 0.787. The van der Waals surface area contributed by atoms with E-state index in [-0.39, 0.29) is 21.5 Å². The lowest BCUT2D eigenvalue weighted by Crippen LogP contribution is -2.26. The Balaban J connectivity index is 2.34. The Morgan fingerprint density at radius 2 is 2.27 bits per heavy atom. The molecule has 0 aromatic carbocycles. The molecule has 15 heavy (non-hydrogen) atoms. The van der Waals surface area contributed by atoms with Crippen LogP contribution in [0.2, 0.25) is 10.3 Å². The van der Waals surface area contributed by atoms with Crippen LogP contribution in [0.5, 0.6) is 0 Å². The summed E-state index contributed by atoms with van der Waals surface area (Å²) in [5, 5.41) is 0.363. The number of hydrogen-bond acceptors (Lipinski definition) is 4. The third kappa shape index (κ3) is 2.19. The highest BCUT2D eigenvalue weighted by atomic mass is 35.5. The van der Waals surface area contributed by atoms with Gasteiger partial charge in [-0.1, -0.05) is 23.2 Å². The fraction of sp³-hybridized carbons (Fsp3) is 0.375. The average Bonchev–Trinajstić information content (AvgIpc) is 2.45. The molecule has 1 aliphatic heterocycles. The monoisotopic (exact) mass is 263 g/mol. The van der Waals surface area contributed by atoms with Crippen molar-refractivity contribution < 1.29 is 4.79 Å². The van der Waals surface area contributed by atoms with Crippen molar-refractivity contribution in [3.05, 3.63) is 16.5 Å². The van der Waals surface area contributed by atoms with E-state index in [0.29, 0.717) is 18.8 Å². The zero-order valence-corrected chi connectivity index (χ0v) is 9.93. The number of carbonyl (C=O) groups is 1. The van der Waals surface area contributed by atoms with Crippen LogP contribution in [0, 0.1) is 0 Å². The third-order valence-electron chi connectivity index (χ3n) is 2.04. The van der Waals surface area contributed by atoms with Crippen LogP contribution in [0.1, 0.15) is 6.42 Å². The molecule has 0 radical (unpaired) electrons. The molecule has 1 aromatic heterocycles. The fourth-order valence-electron chi connectivity index (χ4n) is 1.41. The summed E-state index contributed by atoms with van der Waals surface area (Å²) in [7, 11) is 0. The minimum atomic E-state index is -0.0477. The number of rotatable bonds is 1. The van der Waals surface area contributed by atoms with Crippen molar-refractivity contribution in [1.29, 1.82) is 0 Å². The first-order chi connectivity index (χ1) is 7.08. The third-order valence-corrected chi connectivity index (χ3v) is 2.82. The van der Waals surface area contributed by atoms with Crippen LogP contribution in [0.3, 0.4) is 0 Å². The molecular weight excluding hydrogens is 257 g/mol. The molecule has 0 spiro atoms. The Morgan fingerprint density at radius 3 is 2.80 bits per heavy atom. The van der Waals surface area contributed by atoms with E-state index >= 15 is 0 Å². The van der Waals surface area contributed by atoms with Gasteiger partial charge < -0.3 is 0 Å². The van der Waals surface area contributed by atoms with Crippen LogP contribution < -0.4 is 4.90 Å². The zero-order chi connectivity index (χ0) is 11.0. The lowest BCUT2D eigenvalue weighted by molar-refractivity contribution is -0.117. The number of hydrogen-bond donors (Lipinski definition) is 1. The van der Waals surface area contributed by atoms with E-state index in [1.54, 1.807) is 0 Å². The van der Waals surface area contributed by atoms with Gasteiger partial charge in [-0.3, -0.25) is 9.69 Å². The Bertz CT molecular complexity index is 415. The highest BCUT2D eigenvalue weighted by Gasteiger charge is 2.30. The molecule has 1 aliphatic rings. The summed E-state index contributed by atoms with van der Waals surface area (Å²) < 4.78 is 0. The van der Waals surface area contributed by atoms with E-state index in [1.807, 2.05) is 0 Å². The van der Waals surface area contributed by atoms with Gasteiger partial charge in [0.05, 0.1) is 6.20 Å². The smallest absolute Gasteiger partial charge is 0.229 e. The first-order valence-corrected chi connectivity index (χ1v) is 5.51. The van der Waals surface area contributed by atoms with Gasteiger partial charge in [-0.25, -0.2) is 9.97 Å². The second kappa shape index (κ2) is 4.15. The van der Waals surface area contributed by atoms with Crippen molar-refractivity contribution in [3.63, 3.8) is 0 Å². The van der Waals surface area contributed by atoms with Gasteiger partial charge in [-0.05, 0) is 0 Å². The summed E-state index contributed by atoms with van der Waals surface area (Å²) in [4.78, 5) is 20.8. The van der Waals surface area contributed by atoms with Gasteiger partial charge in [0, 0.05) is 18.2 Å². The van der Waals surface area contributed by atoms with Gasteiger partial charge in [0.1, 0.15) is 5.15 Å². The van der Waals surface area contributed by atoms with Gasteiger partial charge in [0.25, 0.3) is 0 Å². The first kappa shape index (κ1) is 11.0. The van der Waals surface area contributed by atoms with Crippen LogP contribution in [-0.4, -0.2) is 27.7 Å². The van der Waals surface area contributed by atoms with Gasteiger partial charge in [0.15, 0.2) is 11.0 Å². The lowest BCUT2D eigenvalue weighted by Gasteiger charge is -2.15. The summed E-state index contributed by atoms with van der Waals surface area (Å²) in [5.74, 6) is 0.302. The molecule has 80 valence electrons. The Labute approximate surface area is 102 Å². The molecule has 2 rings (SSSR count). The molecule has 7 heteroatoms. The molecule has 1 amide bonds. The predicted octanol–water partition coefficient (Wildman–Crippen LogP) is 1.82. The van der Waals surface area contributed by atoms with Gasteiger partial charge in [-0.15, -0.1) is 0 Å². The molecule has 1 fully saturated rings. The molecule has 1 saturated heterocycles. The molecule has 0 aliphatic carbocycles. The highest BCUT2D eigenvalue weighted by molar-refractivity contribution is 7.81. The molecule has 2 heterocycles. The van der Waals surface area contributed by atoms with Crippen molar-refractivity contribution in [2.24, 2.45) is 0 Å². The van der Waals surface area contributed by atoms with E-state index in [9.17, 15) is 4.79 Å². The van der Waals surface area contributed by atoms with Crippen molar-refractivity contribution >= 4 is 47.6 Å². The van der Waals surface area contributed by atoms with E-state index in [0.717, 1.165) is 0 Å². The first-order valence-electron chi connectivity index (χ1n) is 4.24. The Morgan fingerprint density at radius 1 is 1.53 bits per heavy atom. The maximum Gasteiger partial charge on any atom is 0.229 e. The predicted molar refractivity (Wildman–Crippen MR) is 61.8 cm³/mol. The van der Waals surface area contributed by atoms with Crippen molar-refractivity contribution in [2.45, 2.75) is 11.7 Å². The summed E-state index contributed by atoms with van der Waals surface area (Å²) >= 11 is 15.7. The summed E-state index contributed by atoms with van der Waals surface area (Å²) in [6.07, 6.45) is 1.76. The van der Waals surface area contributed by atoms with Crippen LogP contribution in [0.15, 0.2) is 6.20 Å². The largest absolute Gasteiger partial charge is 0.293 e. The summed E-state index contributed by atoms with van der Waals surface area (Å²) in [5.41, 5.74) is 0. The lowest BCUT2D eigenvalue weighted by atomic mass is 10.4. The van der Waals surface area contributed by atoms with Crippen LogP contribution in [-0.2, 0) is 4.79 Å². The van der Waals surface area contributed by atoms with Gasteiger partial charge >= 0.3 is 0 Å². The SMILES string of the molecule is O=C1CC(S)CN1c1ncc(Cl)nc1Cl. The number of thiol groups is 1. The molecule has 0 bridgehead atoms. The fourth-order valence-corrected chi connectivity index (χ4v) is 2.15. The number of amides is 1. The topological polar surface area (TPSA) is 46.1 Å². The minimum absolute atomic E-state index is 0.0195. The van der Waals surface area contributed by atoms with Crippen LogP contribution in [0.4, 0.5) is 5.82 Å². The van der Waals surface area contributed by atoms with E-state index in [4.69, 9.17) is 23.2 Å². The van der Waals surface area contributed by atoms with E-state index < -0.39 is 0 Å². The number of aromatic nitrogens is 2. The molecule has 1 aromatic rings. The maximum atomic E-state index is 11.5. The van der Waals surface area contributed by atoms with Crippen molar-refractivity contribution in [3.8, 4) is 0 Å². The minimum Gasteiger partial charge on any atom is -0.293 e. The average molecular weight is 264 g/mol. The molecule has 1 atom stereocenters. The van der Waals surface area contributed by atoms with E-state index in [1.165, 1.54) is 11.1 Å². The maximum absolute atomic E-state index is 11.5. The van der Waals surface area contributed by atoms with Crippen molar-refractivity contribution in [1.82, 2.24) is 9.97 Å². The Kier molecular flexibility index (Phi) is 3.04. The molecular formula is C8H7Cl2N3OS. The number of anilines is 1. The number of nitrogens with zero attached hydrogens (tertiary/aromatic N) is 3. The van der Waals surface area contributed by atoms with E-state index in [2.05, 4.69) is 22.6 Å². The molecule has 0 saturated carbocycles. The second-order valence-corrected chi connectivity index (χ2v) is 4.64. The van der Waals surface area contributed by atoms with Gasteiger partial charge in [-0.2, -0.15) is 12.6 Å². The molecule has 1 unspecified atom stereocenters. The number of carbonyl (C=O) groups excluding carboxylic acids is 1. The highest BCUT2D eigenvalue weighted by Crippen LogP contribution is 2.27. The normalized spacial score (nSPS) is 21.1. The zero-order valence-electron chi connectivity index (χ0n) is 7.52. The summed E-state index contributed by atoms with van der Waals surface area (Å²) in [6, 6.07) is 0. The second-order valence-electron chi connectivity index (χ2n) is 3.17. The van der Waals surface area contributed by atoms with Crippen LogP contribution in [0.25, 0.3) is 0 Å². The standard InChI is InChI=1S/C8H7Cl2N3OS/c9-5-2-11-8(7(10)12-5)13-3-4(15)1-6(13)14/h2,4,15H,1,3H2. The van der Waals surface area contributed by atoms with Gasteiger partial charge in [0.2, 0.25) is 5.91 Å².